The minimum absolute atomic E-state index is 0.217. The predicted octanol–water partition coefficient (Wildman–Crippen LogP) is 1.97. The molecule has 0 saturated carbocycles. The number of rotatable bonds is 2. The molecule has 7 heteroatoms. The van der Waals surface area contributed by atoms with E-state index in [0.29, 0.717) is 11.9 Å². The molecule has 0 spiro atoms. The van der Waals surface area contributed by atoms with E-state index in [0.717, 1.165) is 10.9 Å². The summed E-state index contributed by atoms with van der Waals surface area (Å²) in [6, 6.07) is 6.20. The van der Waals surface area contributed by atoms with Gasteiger partial charge in [-0.1, -0.05) is 18.2 Å². The Morgan fingerprint density at radius 3 is 2.54 bits per heavy atom. The zero-order valence-corrected chi connectivity index (χ0v) is 15.3. The van der Waals surface area contributed by atoms with Crippen LogP contribution in [0.15, 0.2) is 30.5 Å². The minimum atomic E-state index is -0.670. The highest BCUT2D eigenvalue weighted by Gasteiger charge is 2.32. The second-order valence-electron chi connectivity index (χ2n) is 7.52. The predicted molar refractivity (Wildman–Crippen MR) is 96.8 cm³/mol. The number of carbonyl (C=O) groups excluding carboxylic acids is 3. The molecule has 0 radical (unpaired) electrons. The Balaban J connectivity index is 1.93. The maximum absolute atomic E-state index is 12.5. The summed E-state index contributed by atoms with van der Waals surface area (Å²) < 4.78 is 6.91. The van der Waals surface area contributed by atoms with Crippen LogP contribution in [0, 0.1) is 0 Å². The number of para-hydroxylation sites is 1. The van der Waals surface area contributed by atoms with E-state index in [2.05, 4.69) is 10.6 Å². The molecule has 0 bridgehead atoms. The molecule has 2 heterocycles. The van der Waals surface area contributed by atoms with Gasteiger partial charge in [-0.3, -0.25) is 14.2 Å². The summed E-state index contributed by atoms with van der Waals surface area (Å²) in [5, 5.41) is 6.23. The maximum Gasteiger partial charge on any atom is 0.419 e. The molecule has 1 aliphatic rings. The molecule has 3 rings (SSSR count). The van der Waals surface area contributed by atoms with E-state index >= 15 is 0 Å². The van der Waals surface area contributed by atoms with Crippen LogP contribution in [0.1, 0.15) is 33.3 Å². The molecule has 138 valence electrons. The van der Waals surface area contributed by atoms with Crippen LogP contribution in [-0.2, 0) is 20.7 Å². The topological polar surface area (TPSA) is 89.4 Å². The second kappa shape index (κ2) is 6.48. The van der Waals surface area contributed by atoms with Crippen LogP contribution in [0.5, 0.6) is 0 Å². The Morgan fingerprint density at radius 2 is 1.85 bits per heavy atom. The quantitative estimate of drug-likeness (QED) is 0.860. The van der Waals surface area contributed by atoms with Crippen LogP contribution in [0.25, 0.3) is 10.9 Å². The number of benzene rings is 1. The van der Waals surface area contributed by atoms with Gasteiger partial charge in [0.2, 0.25) is 11.8 Å². The van der Waals surface area contributed by atoms with Crippen LogP contribution >= 0.6 is 0 Å². The fourth-order valence-electron chi connectivity index (χ4n) is 2.98. The highest BCUT2D eigenvalue weighted by atomic mass is 16.6. The molecule has 1 aliphatic heterocycles. The number of carbonyl (C=O) groups is 3. The Kier molecular flexibility index (Phi) is 4.48. The molecular formula is C19H23N3O4. The standard InChI is InChI=1S/C19H23N3O4/c1-11-16(23)21-14(17(24)20-11)9-12-10-22(18(25)26-19(2,3)4)15-8-6-5-7-13(12)15/h5-8,10-11,14H,9H2,1-4H3,(H,20,24)(H,21,23)/t11-,14-/m0/s1. The average Bonchev–Trinajstić information content (AvgIpc) is 2.90. The largest absolute Gasteiger partial charge is 0.443 e. The van der Waals surface area contributed by atoms with Gasteiger partial charge in [-0.25, -0.2) is 4.79 Å². The third-order valence-corrected chi connectivity index (χ3v) is 4.19. The SMILES string of the molecule is C[C@@H]1NC(=O)[C@H](Cc2cn(C(=O)OC(C)(C)C)c3ccccc23)NC1=O. The molecular weight excluding hydrogens is 334 g/mol. The van der Waals surface area contributed by atoms with Crippen molar-refractivity contribution in [3.8, 4) is 0 Å². The molecule has 2 N–H and O–H groups in total. The molecule has 1 saturated heterocycles. The molecule has 1 aromatic carbocycles. The van der Waals surface area contributed by atoms with Gasteiger partial charge in [0.1, 0.15) is 17.7 Å². The number of piperazine rings is 1. The summed E-state index contributed by atoms with van der Waals surface area (Å²) >= 11 is 0. The van der Waals surface area contributed by atoms with Gasteiger partial charge in [0.05, 0.1) is 5.52 Å². The Labute approximate surface area is 151 Å². The van der Waals surface area contributed by atoms with Gasteiger partial charge < -0.3 is 15.4 Å². The molecule has 7 nitrogen and oxygen atoms in total. The number of nitrogens with one attached hydrogen (secondary N) is 2. The molecule has 1 fully saturated rings. The van der Waals surface area contributed by atoms with Gasteiger partial charge >= 0.3 is 6.09 Å². The summed E-state index contributed by atoms with van der Waals surface area (Å²) in [6.45, 7) is 7.06. The third kappa shape index (κ3) is 3.56. The van der Waals surface area contributed by atoms with Crippen molar-refractivity contribution < 1.29 is 19.1 Å². The van der Waals surface area contributed by atoms with Crippen LogP contribution in [0.3, 0.4) is 0 Å². The summed E-state index contributed by atoms with van der Waals surface area (Å²) in [5.41, 5.74) is 0.879. The minimum Gasteiger partial charge on any atom is -0.443 e. The van der Waals surface area contributed by atoms with E-state index in [4.69, 9.17) is 4.74 Å². The zero-order chi connectivity index (χ0) is 19.1. The molecule has 2 amide bonds. The van der Waals surface area contributed by atoms with E-state index in [1.54, 1.807) is 33.9 Å². The van der Waals surface area contributed by atoms with Crippen molar-refractivity contribution in [1.82, 2.24) is 15.2 Å². The average molecular weight is 357 g/mol. The number of ether oxygens (including phenoxy) is 1. The van der Waals surface area contributed by atoms with Crippen molar-refractivity contribution in [1.29, 1.82) is 0 Å². The normalized spacial score (nSPS) is 20.6. The molecule has 0 unspecified atom stereocenters. The Morgan fingerprint density at radius 1 is 1.15 bits per heavy atom. The number of hydrogen-bond donors (Lipinski definition) is 2. The third-order valence-electron chi connectivity index (χ3n) is 4.19. The van der Waals surface area contributed by atoms with Crippen molar-refractivity contribution in [2.45, 2.75) is 51.8 Å². The van der Waals surface area contributed by atoms with Gasteiger partial charge in [0.25, 0.3) is 0 Å². The number of nitrogens with zero attached hydrogens (tertiary/aromatic N) is 1. The first kappa shape index (κ1) is 18.0. The van der Waals surface area contributed by atoms with Crippen molar-refractivity contribution >= 4 is 28.8 Å². The van der Waals surface area contributed by atoms with Gasteiger partial charge in [-0.15, -0.1) is 0 Å². The van der Waals surface area contributed by atoms with Crippen molar-refractivity contribution in [2.75, 3.05) is 0 Å². The maximum atomic E-state index is 12.5. The van der Waals surface area contributed by atoms with Gasteiger partial charge in [-0.05, 0) is 39.3 Å². The zero-order valence-electron chi connectivity index (χ0n) is 15.3. The van der Waals surface area contributed by atoms with Crippen LogP contribution in [-0.4, -0.2) is 40.2 Å². The van der Waals surface area contributed by atoms with Crippen molar-refractivity contribution in [3.05, 3.63) is 36.0 Å². The summed E-state index contributed by atoms with van der Waals surface area (Å²) in [6.07, 6.45) is 1.49. The summed E-state index contributed by atoms with van der Waals surface area (Å²) in [5.74, 6) is -0.448. The van der Waals surface area contributed by atoms with Crippen molar-refractivity contribution in [2.24, 2.45) is 0 Å². The Hall–Kier alpha value is -2.83. The van der Waals surface area contributed by atoms with E-state index in [-0.39, 0.29) is 11.8 Å². The lowest BCUT2D eigenvalue weighted by Crippen LogP contribution is -2.61. The summed E-state index contributed by atoms with van der Waals surface area (Å²) in [7, 11) is 0. The first-order chi connectivity index (χ1) is 12.2. The molecule has 26 heavy (non-hydrogen) atoms. The lowest BCUT2D eigenvalue weighted by molar-refractivity contribution is -0.136. The second-order valence-corrected chi connectivity index (χ2v) is 7.52. The van der Waals surface area contributed by atoms with Crippen molar-refractivity contribution in [3.63, 3.8) is 0 Å². The summed E-state index contributed by atoms with van der Waals surface area (Å²) in [4.78, 5) is 36.6. The first-order valence-corrected chi connectivity index (χ1v) is 8.59. The Bertz CT molecular complexity index is 879. The molecule has 1 aromatic heterocycles. The molecule has 2 aromatic rings. The van der Waals surface area contributed by atoms with E-state index in [1.807, 2.05) is 24.3 Å². The number of amides is 2. The van der Waals surface area contributed by atoms with Crippen LogP contribution in [0.4, 0.5) is 4.79 Å². The lowest BCUT2D eigenvalue weighted by atomic mass is 10.0. The van der Waals surface area contributed by atoms with Gasteiger partial charge in [0, 0.05) is 18.0 Å². The fourth-order valence-corrected chi connectivity index (χ4v) is 2.98. The van der Waals surface area contributed by atoms with Crippen LogP contribution in [0.2, 0.25) is 0 Å². The smallest absolute Gasteiger partial charge is 0.419 e. The van der Waals surface area contributed by atoms with E-state index in [1.165, 1.54) is 4.57 Å². The molecule has 0 aliphatic carbocycles. The lowest BCUT2D eigenvalue weighted by Gasteiger charge is -2.27. The number of hydrogen-bond acceptors (Lipinski definition) is 4. The highest BCUT2D eigenvalue weighted by Crippen LogP contribution is 2.24. The number of fused-ring (bicyclic) bond motifs is 1. The monoisotopic (exact) mass is 357 g/mol. The van der Waals surface area contributed by atoms with Gasteiger partial charge in [0.15, 0.2) is 0 Å². The van der Waals surface area contributed by atoms with E-state index < -0.39 is 23.8 Å². The number of aromatic nitrogens is 1. The molecule has 2 atom stereocenters. The van der Waals surface area contributed by atoms with Gasteiger partial charge in [-0.2, -0.15) is 0 Å². The fraction of sp³-hybridized carbons (Fsp3) is 0.421. The highest BCUT2D eigenvalue weighted by molar-refractivity contribution is 5.98. The van der Waals surface area contributed by atoms with E-state index in [9.17, 15) is 14.4 Å². The van der Waals surface area contributed by atoms with Crippen LogP contribution < -0.4 is 10.6 Å². The first-order valence-electron chi connectivity index (χ1n) is 8.59.